The van der Waals surface area contributed by atoms with Crippen LogP contribution in [0.15, 0.2) is 0 Å². The highest BCUT2D eigenvalue weighted by Crippen LogP contribution is 2.49. The Hall–Kier alpha value is -1.06. The van der Waals surface area contributed by atoms with E-state index in [0.717, 1.165) is 32.2 Å². The summed E-state index contributed by atoms with van der Waals surface area (Å²) in [6.45, 7) is 5.81. The monoisotopic (exact) mass is 250 g/mol. The predicted molar refractivity (Wildman–Crippen MR) is 67.9 cm³/mol. The normalized spacial score (nSPS) is 35.2. The first-order chi connectivity index (χ1) is 8.50. The van der Waals surface area contributed by atoms with E-state index in [0.29, 0.717) is 19.0 Å². The SMILES string of the molecule is CC1(C)CC1N1CCC(=O)N2CCCCC2C1=O. The van der Waals surface area contributed by atoms with E-state index in [1.165, 1.54) is 0 Å². The van der Waals surface area contributed by atoms with Gasteiger partial charge < -0.3 is 9.80 Å². The molecule has 3 rings (SSSR count). The molecule has 3 fully saturated rings. The van der Waals surface area contributed by atoms with Gasteiger partial charge in [0.2, 0.25) is 11.8 Å². The zero-order valence-electron chi connectivity index (χ0n) is 11.3. The summed E-state index contributed by atoms with van der Waals surface area (Å²) in [6.07, 6.45) is 4.56. The minimum atomic E-state index is -0.162. The van der Waals surface area contributed by atoms with E-state index in [1.807, 2.05) is 9.80 Å². The predicted octanol–water partition coefficient (Wildman–Crippen LogP) is 1.40. The molecule has 2 unspecified atom stereocenters. The summed E-state index contributed by atoms with van der Waals surface area (Å²) in [5, 5.41) is 0. The number of hydrogen-bond acceptors (Lipinski definition) is 2. The van der Waals surface area contributed by atoms with Gasteiger partial charge in [-0.05, 0) is 31.1 Å². The van der Waals surface area contributed by atoms with Gasteiger partial charge in [0.25, 0.3) is 0 Å². The summed E-state index contributed by atoms with van der Waals surface area (Å²) in [7, 11) is 0. The van der Waals surface area contributed by atoms with E-state index in [-0.39, 0.29) is 23.3 Å². The molecule has 2 atom stereocenters. The molecule has 1 aliphatic carbocycles. The zero-order valence-corrected chi connectivity index (χ0v) is 11.3. The Balaban J connectivity index is 1.82. The molecule has 2 aliphatic heterocycles. The van der Waals surface area contributed by atoms with Crippen molar-refractivity contribution in [1.29, 1.82) is 0 Å². The maximum absolute atomic E-state index is 12.6. The molecule has 3 aliphatic rings. The van der Waals surface area contributed by atoms with Gasteiger partial charge in [-0.25, -0.2) is 0 Å². The van der Waals surface area contributed by atoms with Crippen molar-refractivity contribution in [2.24, 2.45) is 5.41 Å². The first kappa shape index (κ1) is 12.0. The molecule has 0 spiro atoms. The summed E-state index contributed by atoms with van der Waals surface area (Å²) in [5.41, 5.74) is 0.253. The number of nitrogens with zero attached hydrogens (tertiary/aromatic N) is 2. The van der Waals surface area contributed by atoms with Crippen LogP contribution in [0.5, 0.6) is 0 Å². The van der Waals surface area contributed by atoms with E-state index in [1.54, 1.807) is 0 Å². The average molecular weight is 250 g/mol. The highest BCUT2D eigenvalue weighted by molar-refractivity contribution is 5.90. The van der Waals surface area contributed by atoms with E-state index in [4.69, 9.17) is 0 Å². The Morgan fingerprint density at radius 2 is 1.83 bits per heavy atom. The van der Waals surface area contributed by atoms with Crippen molar-refractivity contribution in [3.8, 4) is 0 Å². The highest BCUT2D eigenvalue weighted by Gasteiger charge is 2.53. The van der Waals surface area contributed by atoms with Crippen molar-refractivity contribution in [3.05, 3.63) is 0 Å². The second-order valence-corrected chi connectivity index (χ2v) is 6.59. The van der Waals surface area contributed by atoms with Gasteiger partial charge in [-0.15, -0.1) is 0 Å². The smallest absolute Gasteiger partial charge is 0.245 e. The molecular weight excluding hydrogens is 228 g/mol. The fourth-order valence-electron chi connectivity index (χ4n) is 3.43. The Labute approximate surface area is 108 Å². The van der Waals surface area contributed by atoms with Crippen LogP contribution in [0.25, 0.3) is 0 Å². The molecule has 0 radical (unpaired) electrons. The van der Waals surface area contributed by atoms with Crippen molar-refractivity contribution in [1.82, 2.24) is 9.80 Å². The fourth-order valence-corrected chi connectivity index (χ4v) is 3.43. The Morgan fingerprint density at radius 1 is 1.11 bits per heavy atom. The van der Waals surface area contributed by atoms with Crippen molar-refractivity contribution in [2.75, 3.05) is 13.1 Å². The van der Waals surface area contributed by atoms with Crippen LogP contribution in [0.4, 0.5) is 0 Å². The van der Waals surface area contributed by atoms with Crippen LogP contribution in [0.1, 0.15) is 46.0 Å². The van der Waals surface area contributed by atoms with E-state index in [9.17, 15) is 9.59 Å². The third-order valence-electron chi connectivity index (χ3n) is 4.80. The largest absolute Gasteiger partial charge is 0.337 e. The lowest BCUT2D eigenvalue weighted by atomic mass is 10.0. The van der Waals surface area contributed by atoms with E-state index >= 15 is 0 Å². The van der Waals surface area contributed by atoms with Gasteiger partial charge in [-0.1, -0.05) is 13.8 Å². The molecule has 0 aromatic rings. The summed E-state index contributed by atoms with van der Waals surface area (Å²) < 4.78 is 0. The van der Waals surface area contributed by atoms with Gasteiger partial charge in [-0.2, -0.15) is 0 Å². The maximum Gasteiger partial charge on any atom is 0.245 e. The van der Waals surface area contributed by atoms with Gasteiger partial charge in [0.05, 0.1) is 0 Å². The first-order valence-corrected chi connectivity index (χ1v) is 7.11. The van der Waals surface area contributed by atoms with Crippen molar-refractivity contribution in [3.63, 3.8) is 0 Å². The molecule has 0 bridgehead atoms. The summed E-state index contributed by atoms with van der Waals surface area (Å²) in [4.78, 5) is 28.5. The van der Waals surface area contributed by atoms with Crippen LogP contribution in [-0.2, 0) is 9.59 Å². The van der Waals surface area contributed by atoms with Crippen LogP contribution in [0.2, 0.25) is 0 Å². The summed E-state index contributed by atoms with van der Waals surface area (Å²) >= 11 is 0. The van der Waals surface area contributed by atoms with Crippen molar-refractivity contribution >= 4 is 11.8 Å². The third-order valence-corrected chi connectivity index (χ3v) is 4.80. The molecule has 2 heterocycles. The molecular formula is C14H22N2O2. The second kappa shape index (κ2) is 3.97. The van der Waals surface area contributed by atoms with Gasteiger partial charge >= 0.3 is 0 Å². The van der Waals surface area contributed by atoms with Crippen LogP contribution < -0.4 is 0 Å². The zero-order chi connectivity index (χ0) is 12.9. The molecule has 2 amide bonds. The minimum Gasteiger partial charge on any atom is -0.337 e. The number of rotatable bonds is 1. The van der Waals surface area contributed by atoms with Crippen LogP contribution in [-0.4, -0.2) is 46.8 Å². The van der Waals surface area contributed by atoms with Crippen LogP contribution >= 0.6 is 0 Å². The van der Waals surface area contributed by atoms with Crippen molar-refractivity contribution in [2.45, 2.75) is 58.0 Å². The molecule has 4 nitrogen and oxygen atoms in total. The number of hydrogen-bond donors (Lipinski definition) is 0. The lowest BCUT2D eigenvalue weighted by Crippen LogP contribution is -2.50. The first-order valence-electron chi connectivity index (χ1n) is 7.11. The Kier molecular flexibility index (Phi) is 2.65. The Bertz CT molecular complexity index is 391. The lowest BCUT2D eigenvalue weighted by Gasteiger charge is -2.34. The number of fused-ring (bicyclic) bond motifs is 1. The molecule has 2 saturated heterocycles. The van der Waals surface area contributed by atoms with Gasteiger partial charge in [0, 0.05) is 25.6 Å². The highest BCUT2D eigenvalue weighted by atomic mass is 16.2. The summed E-state index contributed by atoms with van der Waals surface area (Å²) in [5.74, 6) is 0.380. The molecule has 0 aromatic heterocycles. The summed E-state index contributed by atoms with van der Waals surface area (Å²) in [6, 6.07) is 0.199. The lowest BCUT2D eigenvalue weighted by molar-refractivity contribution is -0.143. The molecule has 0 N–H and O–H groups in total. The number of amides is 2. The molecule has 100 valence electrons. The molecule has 1 saturated carbocycles. The van der Waals surface area contributed by atoms with Crippen molar-refractivity contribution < 1.29 is 9.59 Å². The van der Waals surface area contributed by atoms with Crippen LogP contribution in [0, 0.1) is 5.41 Å². The fraction of sp³-hybridized carbons (Fsp3) is 0.857. The topological polar surface area (TPSA) is 40.6 Å². The number of carbonyl (C=O) groups excluding carboxylic acids is 2. The molecule has 0 aromatic carbocycles. The third kappa shape index (κ3) is 1.82. The van der Waals surface area contributed by atoms with Gasteiger partial charge in [0.15, 0.2) is 0 Å². The minimum absolute atomic E-state index is 0.162. The molecule has 4 heteroatoms. The van der Waals surface area contributed by atoms with E-state index < -0.39 is 0 Å². The quantitative estimate of drug-likeness (QED) is 0.706. The number of piperidine rings is 1. The van der Waals surface area contributed by atoms with E-state index in [2.05, 4.69) is 13.8 Å². The Morgan fingerprint density at radius 3 is 2.50 bits per heavy atom. The second-order valence-electron chi connectivity index (χ2n) is 6.59. The van der Waals surface area contributed by atoms with Crippen LogP contribution in [0.3, 0.4) is 0 Å². The number of carbonyl (C=O) groups is 2. The van der Waals surface area contributed by atoms with Gasteiger partial charge in [-0.3, -0.25) is 9.59 Å². The standard InChI is InChI=1S/C14H22N2O2/c1-14(2)9-11(14)16-8-6-12(17)15-7-4-3-5-10(15)13(16)18/h10-11H,3-9H2,1-2H3. The average Bonchev–Trinajstić information content (AvgIpc) is 2.99. The molecule has 18 heavy (non-hydrogen) atoms. The maximum atomic E-state index is 12.6. The van der Waals surface area contributed by atoms with Gasteiger partial charge in [0.1, 0.15) is 6.04 Å².